The molecule has 0 radical (unpaired) electrons. The summed E-state index contributed by atoms with van der Waals surface area (Å²) in [6, 6.07) is 0. The van der Waals surface area contributed by atoms with Crippen LogP contribution in [0.3, 0.4) is 0 Å². The molecule has 1 amide bonds. The van der Waals surface area contributed by atoms with Crippen molar-refractivity contribution in [1.29, 1.82) is 0 Å². The van der Waals surface area contributed by atoms with Crippen molar-refractivity contribution in [3.05, 3.63) is 32.6 Å². The van der Waals surface area contributed by atoms with Crippen molar-refractivity contribution in [2.75, 3.05) is 0 Å². The predicted molar refractivity (Wildman–Crippen MR) is 73.2 cm³/mol. The van der Waals surface area contributed by atoms with Crippen molar-refractivity contribution in [2.24, 2.45) is 7.05 Å². The zero-order valence-corrected chi connectivity index (χ0v) is 11.6. The van der Waals surface area contributed by atoms with Gasteiger partial charge in [0.2, 0.25) is 0 Å². The monoisotopic (exact) mass is 295 g/mol. The molecule has 1 aliphatic carbocycles. The Morgan fingerprint density at radius 3 is 2.48 bits per heavy atom. The van der Waals surface area contributed by atoms with E-state index < -0.39 is 28.7 Å². The normalized spacial score (nSPS) is 17.2. The van der Waals surface area contributed by atoms with Crippen molar-refractivity contribution in [3.8, 4) is 0 Å². The summed E-state index contributed by atoms with van der Waals surface area (Å²) in [6.07, 6.45) is 4.01. The number of H-pyrrole nitrogens is 1. The maximum absolute atomic E-state index is 12.2. The minimum atomic E-state index is -1.34. The number of carboxylic acids is 1. The third-order valence-electron chi connectivity index (χ3n) is 3.89. The van der Waals surface area contributed by atoms with E-state index in [1.165, 1.54) is 7.05 Å². The molecule has 0 spiro atoms. The summed E-state index contributed by atoms with van der Waals surface area (Å²) in [5.41, 5.74) is -3.01. The molecule has 8 nitrogen and oxygen atoms in total. The fourth-order valence-electron chi connectivity index (χ4n) is 2.56. The van der Waals surface area contributed by atoms with Crippen LogP contribution < -0.4 is 16.6 Å². The van der Waals surface area contributed by atoms with Crippen LogP contribution in [0.4, 0.5) is 0 Å². The molecule has 0 bridgehead atoms. The summed E-state index contributed by atoms with van der Waals surface area (Å²) in [6.45, 7) is 0. The third kappa shape index (κ3) is 2.74. The Hall–Kier alpha value is -2.38. The number of carbonyl (C=O) groups is 2. The van der Waals surface area contributed by atoms with Crippen LogP contribution in [0.15, 0.2) is 15.8 Å². The summed E-state index contributed by atoms with van der Waals surface area (Å²) in [5, 5.41) is 11.9. The van der Waals surface area contributed by atoms with Crippen LogP contribution >= 0.6 is 0 Å². The van der Waals surface area contributed by atoms with Crippen molar-refractivity contribution in [1.82, 2.24) is 14.9 Å². The number of carboxylic acid groups (broad SMARTS) is 1. The van der Waals surface area contributed by atoms with E-state index in [4.69, 9.17) is 0 Å². The van der Waals surface area contributed by atoms with Gasteiger partial charge in [0.15, 0.2) is 0 Å². The Balaban J connectivity index is 2.32. The second kappa shape index (κ2) is 5.55. The van der Waals surface area contributed by atoms with E-state index in [9.17, 15) is 24.3 Å². The smallest absolute Gasteiger partial charge is 0.329 e. The Labute approximate surface area is 119 Å². The zero-order chi connectivity index (χ0) is 15.6. The first-order valence-electron chi connectivity index (χ1n) is 6.72. The minimum Gasteiger partial charge on any atom is -0.480 e. The zero-order valence-electron chi connectivity index (χ0n) is 11.6. The first-order valence-corrected chi connectivity index (χ1v) is 6.72. The van der Waals surface area contributed by atoms with Gasteiger partial charge in [0.25, 0.3) is 11.5 Å². The van der Waals surface area contributed by atoms with E-state index in [0.717, 1.165) is 17.2 Å². The summed E-state index contributed by atoms with van der Waals surface area (Å²) in [7, 11) is 1.24. The number of nitrogens with zero attached hydrogens (tertiary/aromatic N) is 1. The average molecular weight is 295 g/mol. The van der Waals surface area contributed by atoms with E-state index >= 15 is 0 Å². The first-order chi connectivity index (χ1) is 9.87. The molecule has 1 aliphatic rings. The second-order valence-electron chi connectivity index (χ2n) is 5.27. The molecule has 0 atom stereocenters. The molecule has 8 heteroatoms. The van der Waals surface area contributed by atoms with Gasteiger partial charge in [-0.25, -0.2) is 9.59 Å². The molecule has 0 aromatic carbocycles. The van der Waals surface area contributed by atoms with E-state index in [1.54, 1.807) is 0 Å². The van der Waals surface area contributed by atoms with Crippen LogP contribution in [0.5, 0.6) is 0 Å². The Kier molecular flexibility index (Phi) is 3.97. The molecule has 114 valence electrons. The number of aliphatic carboxylic acids is 1. The van der Waals surface area contributed by atoms with E-state index in [1.807, 2.05) is 0 Å². The van der Waals surface area contributed by atoms with Gasteiger partial charge in [-0.3, -0.25) is 14.2 Å². The molecule has 1 saturated carbocycles. The summed E-state index contributed by atoms with van der Waals surface area (Å²) in [4.78, 5) is 49.1. The van der Waals surface area contributed by atoms with E-state index in [-0.39, 0.29) is 5.56 Å². The highest BCUT2D eigenvalue weighted by Crippen LogP contribution is 2.28. The summed E-state index contributed by atoms with van der Waals surface area (Å²) < 4.78 is 0.767. The fourth-order valence-corrected chi connectivity index (χ4v) is 2.56. The molecule has 1 fully saturated rings. The number of hydrogen-bond acceptors (Lipinski definition) is 4. The van der Waals surface area contributed by atoms with Crippen LogP contribution in [0.2, 0.25) is 0 Å². The molecule has 1 aromatic heterocycles. The molecule has 0 aliphatic heterocycles. The molecule has 21 heavy (non-hydrogen) atoms. The van der Waals surface area contributed by atoms with Crippen molar-refractivity contribution < 1.29 is 14.7 Å². The Bertz CT molecular complexity index is 682. The van der Waals surface area contributed by atoms with Crippen molar-refractivity contribution in [3.63, 3.8) is 0 Å². The lowest BCUT2D eigenvalue weighted by Crippen LogP contribution is -2.56. The number of aromatic amines is 1. The first kappa shape index (κ1) is 15.0. The van der Waals surface area contributed by atoms with Crippen molar-refractivity contribution in [2.45, 2.75) is 37.6 Å². The van der Waals surface area contributed by atoms with E-state index in [2.05, 4.69) is 10.3 Å². The largest absolute Gasteiger partial charge is 0.480 e. The topological polar surface area (TPSA) is 121 Å². The summed E-state index contributed by atoms with van der Waals surface area (Å²) in [5.74, 6) is -1.88. The maximum atomic E-state index is 12.2. The van der Waals surface area contributed by atoms with Gasteiger partial charge < -0.3 is 15.4 Å². The lowest BCUT2D eigenvalue weighted by Gasteiger charge is -2.33. The Morgan fingerprint density at radius 2 is 1.90 bits per heavy atom. The van der Waals surface area contributed by atoms with Gasteiger partial charge in [-0.2, -0.15) is 0 Å². The number of carbonyl (C=O) groups excluding carboxylic acids is 1. The SMILES string of the molecule is Cn1c(=O)[nH]cc(C(=O)NC2(C(=O)O)CCCCC2)c1=O. The Morgan fingerprint density at radius 1 is 1.29 bits per heavy atom. The number of hydrogen-bond donors (Lipinski definition) is 3. The number of aromatic nitrogens is 2. The molecule has 0 saturated heterocycles. The highest BCUT2D eigenvalue weighted by atomic mass is 16.4. The highest BCUT2D eigenvalue weighted by Gasteiger charge is 2.41. The van der Waals surface area contributed by atoms with Crippen molar-refractivity contribution >= 4 is 11.9 Å². The molecule has 3 N–H and O–H groups in total. The quantitative estimate of drug-likeness (QED) is 0.700. The molecular formula is C13H17N3O5. The molecule has 1 aromatic rings. The van der Waals surface area contributed by atoms with Gasteiger partial charge in [0.1, 0.15) is 11.1 Å². The minimum absolute atomic E-state index is 0.275. The second-order valence-corrected chi connectivity index (χ2v) is 5.27. The number of amides is 1. The standard InChI is InChI=1S/C13H17N3O5/c1-16-10(18)8(7-14-12(16)21)9(17)15-13(11(19)20)5-3-2-4-6-13/h7H,2-6H2,1H3,(H,14,21)(H,15,17)(H,19,20). The molecule has 0 unspecified atom stereocenters. The summed E-state index contributed by atoms with van der Waals surface area (Å²) >= 11 is 0. The van der Waals surface area contributed by atoms with Gasteiger partial charge in [0.05, 0.1) is 0 Å². The number of rotatable bonds is 3. The van der Waals surface area contributed by atoms with Crippen LogP contribution in [0.1, 0.15) is 42.5 Å². The predicted octanol–water partition coefficient (Wildman–Crippen LogP) is -0.409. The fraction of sp³-hybridized carbons (Fsp3) is 0.538. The molecule has 1 heterocycles. The van der Waals surface area contributed by atoms with Gasteiger partial charge in [0, 0.05) is 13.2 Å². The third-order valence-corrected chi connectivity index (χ3v) is 3.89. The average Bonchev–Trinajstić information content (AvgIpc) is 2.45. The van der Waals surface area contributed by atoms with Crippen LogP contribution in [-0.2, 0) is 11.8 Å². The lowest BCUT2D eigenvalue weighted by molar-refractivity contribution is -0.145. The highest BCUT2D eigenvalue weighted by molar-refractivity contribution is 5.97. The van der Waals surface area contributed by atoms with Crippen LogP contribution in [-0.4, -0.2) is 32.1 Å². The van der Waals surface area contributed by atoms with Crippen LogP contribution in [0, 0.1) is 0 Å². The van der Waals surface area contributed by atoms with E-state index in [0.29, 0.717) is 25.7 Å². The molecule has 2 rings (SSSR count). The van der Waals surface area contributed by atoms with Gasteiger partial charge in [-0.05, 0) is 12.8 Å². The van der Waals surface area contributed by atoms with Gasteiger partial charge in [-0.1, -0.05) is 19.3 Å². The maximum Gasteiger partial charge on any atom is 0.329 e. The number of nitrogens with one attached hydrogen (secondary N) is 2. The van der Waals surface area contributed by atoms with Gasteiger partial charge in [-0.15, -0.1) is 0 Å². The van der Waals surface area contributed by atoms with Crippen LogP contribution in [0.25, 0.3) is 0 Å². The molecular weight excluding hydrogens is 278 g/mol. The van der Waals surface area contributed by atoms with Gasteiger partial charge >= 0.3 is 11.7 Å². The lowest BCUT2D eigenvalue weighted by atomic mass is 9.81.